The minimum absolute atomic E-state index is 0.609. The Hall–Kier alpha value is -1.36. The third kappa shape index (κ3) is 3.20. The van der Waals surface area contributed by atoms with Gasteiger partial charge in [0, 0.05) is 36.3 Å². The van der Waals surface area contributed by atoms with E-state index in [1.165, 1.54) is 30.7 Å². The molecule has 1 aliphatic rings. The van der Waals surface area contributed by atoms with Crippen molar-refractivity contribution in [2.45, 2.75) is 58.5 Å². The summed E-state index contributed by atoms with van der Waals surface area (Å²) < 4.78 is 2.24. The number of rotatable bonds is 5. The zero-order chi connectivity index (χ0) is 13.9. The number of anilines is 1. The van der Waals surface area contributed by atoms with E-state index in [2.05, 4.69) is 45.3 Å². The Labute approximate surface area is 124 Å². The summed E-state index contributed by atoms with van der Waals surface area (Å²) in [7, 11) is 0. The third-order valence-corrected chi connectivity index (χ3v) is 4.84. The van der Waals surface area contributed by atoms with Crippen LogP contribution in [-0.2, 0) is 13.0 Å². The lowest BCUT2D eigenvalue weighted by Gasteiger charge is -2.14. The number of nitrogens with one attached hydrogen (secondary N) is 1. The number of thiazole rings is 1. The van der Waals surface area contributed by atoms with Gasteiger partial charge in [-0.3, -0.25) is 0 Å². The Morgan fingerprint density at radius 1 is 1.25 bits per heavy atom. The van der Waals surface area contributed by atoms with E-state index in [1.807, 2.05) is 0 Å². The Balaban J connectivity index is 1.65. The van der Waals surface area contributed by atoms with Gasteiger partial charge in [0.05, 0.1) is 10.7 Å². The molecule has 20 heavy (non-hydrogen) atoms. The molecule has 0 amide bonds. The van der Waals surface area contributed by atoms with Crippen molar-refractivity contribution >= 4 is 17.3 Å². The normalized spacial score (nSPS) is 15.9. The van der Waals surface area contributed by atoms with Crippen molar-refractivity contribution in [1.82, 2.24) is 14.5 Å². The number of hydrogen-bond donors (Lipinski definition) is 1. The molecule has 0 atom stereocenters. The van der Waals surface area contributed by atoms with E-state index < -0.39 is 0 Å². The van der Waals surface area contributed by atoms with Gasteiger partial charge in [0.25, 0.3) is 0 Å². The topological polar surface area (TPSA) is 42.7 Å². The molecule has 108 valence electrons. The molecule has 0 aromatic carbocycles. The van der Waals surface area contributed by atoms with Crippen LogP contribution < -0.4 is 5.32 Å². The summed E-state index contributed by atoms with van der Waals surface area (Å²) in [5.41, 5.74) is 2.21. The van der Waals surface area contributed by atoms with E-state index in [9.17, 15) is 0 Å². The van der Waals surface area contributed by atoms with Crippen LogP contribution in [-0.4, -0.2) is 20.6 Å². The number of nitrogens with zero attached hydrogens (tertiary/aromatic N) is 3. The van der Waals surface area contributed by atoms with E-state index in [0.717, 1.165) is 30.3 Å². The molecule has 0 spiro atoms. The van der Waals surface area contributed by atoms with Crippen LogP contribution in [0, 0.1) is 13.8 Å². The molecule has 4 nitrogen and oxygen atoms in total. The molecular weight excluding hydrogens is 268 g/mol. The van der Waals surface area contributed by atoms with Gasteiger partial charge in [-0.2, -0.15) is 0 Å². The largest absolute Gasteiger partial charge is 0.353 e. The molecule has 1 aliphatic carbocycles. The Morgan fingerprint density at radius 2 is 2.05 bits per heavy atom. The quantitative estimate of drug-likeness (QED) is 0.915. The Bertz CT molecular complexity index is 566. The summed E-state index contributed by atoms with van der Waals surface area (Å²) in [6.45, 7) is 5.06. The van der Waals surface area contributed by atoms with Crippen LogP contribution >= 0.6 is 11.3 Å². The fraction of sp³-hybridized carbons (Fsp3) is 0.600. The van der Waals surface area contributed by atoms with Crippen molar-refractivity contribution in [2.75, 3.05) is 5.32 Å². The summed E-state index contributed by atoms with van der Waals surface area (Å²) >= 11 is 1.75. The number of aryl methyl sites for hydroxylation is 4. The molecule has 0 unspecified atom stereocenters. The molecule has 3 rings (SSSR count). The van der Waals surface area contributed by atoms with Gasteiger partial charge in [-0.1, -0.05) is 12.8 Å². The van der Waals surface area contributed by atoms with Gasteiger partial charge in [0.2, 0.25) is 5.95 Å². The minimum Gasteiger partial charge on any atom is -0.353 e. The van der Waals surface area contributed by atoms with Crippen LogP contribution in [0.15, 0.2) is 11.6 Å². The van der Waals surface area contributed by atoms with E-state index in [-0.39, 0.29) is 0 Å². The minimum atomic E-state index is 0.609. The molecule has 2 aromatic rings. The monoisotopic (exact) mass is 290 g/mol. The first-order valence-corrected chi connectivity index (χ1v) is 8.30. The zero-order valence-electron chi connectivity index (χ0n) is 12.2. The maximum absolute atomic E-state index is 4.63. The summed E-state index contributed by atoms with van der Waals surface area (Å²) in [5, 5.41) is 6.93. The molecule has 2 heterocycles. The summed E-state index contributed by atoms with van der Waals surface area (Å²) in [6.07, 6.45) is 8.35. The van der Waals surface area contributed by atoms with Crippen LogP contribution in [0.2, 0.25) is 0 Å². The number of imidazole rings is 1. The highest BCUT2D eigenvalue weighted by atomic mass is 32.1. The molecule has 0 bridgehead atoms. The fourth-order valence-corrected chi connectivity index (χ4v) is 3.58. The second kappa shape index (κ2) is 5.95. The van der Waals surface area contributed by atoms with Crippen LogP contribution in [0.5, 0.6) is 0 Å². The summed E-state index contributed by atoms with van der Waals surface area (Å²) in [6, 6.07) is 0.609. The first kappa shape index (κ1) is 13.6. The zero-order valence-corrected chi connectivity index (χ0v) is 13.0. The molecular formula is C15H22N4S. The van der Waals surface area contributed by atoms with E-state index in [1.54, 1.807) is 11.3 Å². The predicted molar refractivity (Wildman–Crippen MR) is 83.4 cm³/mol. The Morgan fingerprint density at radius 3 is 2.75 bits per heavy atom. The van der Waals surface area contributed by atoms with Crippen molar-refractivity contribution in [1.29, 1.82) is 0 Å². The van der Waals surface area contributed by atoms with Crippen LogP contribution in [0.3, 0.4) is 0 Å². The molecule has 5 heteroatoms. The maximum Gasteiger partial charge on any atom is 0.203 e. The average molecular weight is 290 g/mol. The second-order valence-electron chi connectivity index (χ2n) is 5.66. The van der Waals surface area contributed by atoms with Crippen LogP contribution in [0.25, 0.3) is 0 Å². The van der Waals surface area contributed by atoms with Crippen molar-refractivity contribution in [3.63, 3.8) is 0 Å². The molecule has 0 saturated heterocycles. The second-order valence-corrected chi connectivity index (χ2v) is 6.60. The lowest BCUT2D eigenvalue weighted by atomic mass is 10.2. The van der Waals surface area contributed by atoms with Gasteiger partial charge in [0.1, 0.15) is 0 Å². The van der Waals surface area contributed by atoms with Crippen LogP contribution in [0.1, 0.15) is 42.1 Å². The Kier molecular flexibility index (Phi) is 4.05. The molecule has 1 saturated carbocycles. The van der Waals surface area contributed by atoms with Gasteiger partial charge in [-0.25, -0.2) is 9.97 Å². The fourth-order valence-electron chi connectivity index (χ4n) is 2.82. The van der Waals surface area contributed by atoms with Crippen molar-refractivity contribution in [3.05, 3.63) is 28.0 Å². The number of aromatic nitrogens is 3. The van der Waals surface area contributed by atoms with Gasteiger partial charge in [-0.05, 0) is 26.7 Å². The first-order valence-electron chi connectivity index (χ1n) is 7.42. The molecule has 1 N–H and O–H groups in total. The lowest BCUT2D eigenvalue weighted by Crippen LogP contribution is -2.18. The van der Waals surface area contributed by atoms with Gasteiger partial charge >= 0.3 is 0 Å². The smallest absolute Gasteiger partial charge is 0.203 e. The predicted octanol–water partition coefficient (Wildman–Crippen LogP) is 3.55. The maximum atomic E-state index is 4.63. The van der Waals surface area contributed by atoms with Gasteiger partial charge < -0.3 is 9.88 Å². The average Bonchev–Trinajstić information content (AvgIpc) is 3.11. The van der Waals surface area contributed by atoms with E-state index >= 15 is 0 Å². The molecule has 0 aliphatic heterocycles. The molecule has 2 aromatic heterocycles. The molecule has 1 fully saturated rings. The molecule has 0 radical (unpaired) electrons. The summed E-state index contributed by atoms with van der Waals surface area (Å²) in [5.74, 6) is 1.03. The third-order valence-electron chi connectivity index (χ3n) is 3.82. The van der Waals surface area contributed by atoms with Gasteiger partial charge in [0.15, 0.2) is 0 Å². The van der Waals surface area contributed by atoms with Crippen molar-refractivity contribution in [2.24, 2.45) is 0 Å². The highest BCUT2D eigenvalue weighted by Crippen LogP contribution is 2.22. The first-order chi connectivity index (χ1) is 9.70. The highest BCUT2D eigenvalue weighted by molar-refractivity contribution is 7.09. The van der Waals surface area contributed by atoms with Crippen LogP contribution in [0.4, 0.5) is 5.95 Å². The highest BCUT2D eigenvalue weighted by Gasteiger charge is 2.17. The summed E-state index contributed by atoms with van der Waals surface area (Å²) in [4.78, 5) is 9.16. The van der Waals surface area contributed by atoms with E-state index in [4.69, 9.17) is 0 Å². The van der Waals surface area contributed by atoms with Crippen molar-refractivity contribution < 1.29 is 0 Å². The van der Waals surface area contributed by atoms with E-state index in [0.29, 0.717) is 6.04 Å². The van der Waals surface area contributed by atoms with Crippen molar-refractivity contribution in [3.8, 4) is 0 Å². The standard InChI is InChI=1S/C15H22N4S/c1-11-9-19(8-7-14-16-12(2)10-20-14)15(17-11)18-13-5-3-4-6-13/h9-10,13H,3-8H2,1-2H3,(H,17,18). The van der Waals surface area contributed by atoms with Gasteiger partial charge in [-0.15, -0.1) is 11.3 Å². The lowest BCUT2D eigenvalue weighted by molar-refractivity contribution is 0.672. The number of hydrogen-bond acceptors (Lipinski definition) is 4. The SMILES string of the molecule is Cc1csc(CCn2cc(C)nc2NC2CCCC2)n1.